The van der Waals surface area contributed by atoms with Crippen molar-refractivity contribution in [1.82, 2.24) is 0 Å². The predicted molar refractivity (Wildman–Crippen MR) is 72.0 cm³/mol. The Morgan fingerprint density at radius 2 is 1.88 bits per heavy atom. The average Bonchev–Trinajstić information content (AvgIpc) is 2.19. The number of nitrogens with zero attached hydrogens (tertiary/aromatic N) is 1. The van der Waals surface area contributed by atoms with Crippen molar-refractivity contribution in [2.75, 3.05) is 9.72 Å². The van der Waals surface area contributed by atoms with Gasteiger partial charge < -0.3 is 0 Å². The molecule has 9 heteroatoms. The van der Waals surface area contributed by atoms with Crippen LogP contribution in [0.25, 0.3) is 0 Å². The third kappa shape index (κ3) is 3.38. The Bertz CT molecular complexity index is 510. The number of alkyl halides is 1. The van der Waals surface area contributed by atoms with E-state index in [0.717, 1.165) is 0 Å². The summed E-state index contributed by atoms with van der Waals surface area (Å²) in [7, 11) is 4.00. The van der Waals surface area contributed by atoms with Crippen molar-refractivity contribution in [3.05, 3.63) is 29.8 Å². The van der Waals surface area contributed by atoms with Crippen molar-refractivity contribution in [1.29, 1.82) is 0 Å². The Morgan fingerprint density at radius 3 is 2.29 bits per heavy atom. The van der Waals surface area contributed by atoms with Gasteiger partial charge >= 0.3 is 10.2 Å². The lowest BCUT2D eigenvalue weighted by atomic mass is 10.2. The summed E-state index contributed by atoms with van der Waals surface area (Å²) in [6, 6.07) is 5.19. The minimum absolute atomic E-state index is 0.174. The van der Waals surface area contributed by atoms with Crippen LogP contribution in [0.2, 0.25) is 0 Å². The molecule has 0 spiro atoms. The zero-order valence-corrected chi connectivity index (χ0v) is 12.0. The number of nitrogens with two attached hydrogens (primary N) is 1. The number of hydrogen-bond acceptors (Lipinski definition) is 2. The van der Waals surface area contributed by atoms with Gasteiger partial charge in [-0.15, -0.1) is 0 Å². The minimum Gasteiger partial charge on any atom is -0.237 e. The lowest BCUT2D eigenvalue weighted by molar-refractivity contribution is 0.594. The molecule has 0 atom stereocenters. The molecular formula is C8H11Cl2FN2O2S2. The highest BCUT2D eigenvalue weighted by Gasteiger charge is 2.36. The molecule has 17 heavy (non-hydrogen) atoms. The van der Waals surface area contributed by atoms with Crippen LogP contribution in [0.15, 0.2) is 24.3 Å². The maximum absolute atomic E-state index is 12.8. The Hall–Kier alpha value is -0.210. The molecular weight excluding hydrogens is 310 g/mol. The van der Waals surface area contributed by atoms with Crippen molar-refractivity contribution in [3.63, 3.8) is 0 Å². The minimum atomic E-state index is -4.24. The monoisotopic (exact) mass is 320 g/mol. The maximum Gasteiger partial charge on any atom is 0.309 e. The van der Waals surface area contributed by atoms with Gasteiger partial charge in [-0.3, -0.25) is 0 Å². The molecule has 0 saturated heterocycles. The molecule has 0 radical (unpaired) electrons. The number of para-hydroxylation sites is 1. The van der Waals surface area contributed by atoms with Crippen molar-refractivity contribution in [2.45, 2.75) is 6.92 Å². The van der Waals surface area contributed by atoms with Crippen LogP contribution in [0, 0.1) is 6.92 Å². The normalized spacial score (nSPS) is 13.5. The van der Waals surface area contributed by atoms with Crippen LogP contribution < -0.4 is 8.85 Å². The average molecular weight is 321 g/mol. The van der Waals surface area contributed by atoms with E-state index in [1.165, 1.54) is 6.07 Å². The number of hydrogen-bond donors (Lipinski definition) is 1. The summed E-state index contributed by atoms with van der Waals surface area (Å²) < 4.78 is 36.3. The zero-order valence-electron chi connectivity index (χ0n) is 8.81. The van der Waals surface area contributed by atoms with Crippen LogP contribution in [0.4, 0.5) is 10.1 Å². The molecule has 0 amide bonds. The SMILES string of the molecule is Cc1ccccc1N(S(Cl)(Cl)CF)S(N)(=O)=O. The standard InChI is InChI=1S/C8H11Cl2FN2O2S2/c1-7-4-2-3-5-8(7)13(17(12,14)15)16(9,10)6-11/h2-5H,6H2,1H3,(H2,12,14,15). The van der Waals surface area contributed by atoms with E-state index in [9.17, 15) is 12.8 Å². The van der Waals surface area contributed by atoms with Gasteiger partial charge in [0, 0.05) is 8.64 Å². The fourth-order valence-corrected chi connectivity index (χ4v) is 5.50. The van der Waals surface area contributed by atoms with E-state index in [-0.39, 0.29) is 5.69 Å². The molecule has 4 nitrogen and oxygen atoms in total. The van der Waals surface area contributed by atoms with Crippen LogP contribution in [0.5, 0.6) is 0 Å². The molecule has 0 bridgehead atoms. The third-order valence-corrected chi connectivity index (χ3v) is 6.72. The summed E-state index contributed by atoms with van der Waals surface area (Å²) in [5.41, 5.74) is 0.751. The molecule has 2 N–H and O–H groups in total. The third-order valence-electron chi connectivity index (χ3n) is 1.92. The summed E-state index contributed by atoms with van der Waals surface area (Å²) in [6.45, 7) is 1.65. The van der Waals surface area contributed by atoms with Crippen LogP contribution in [0.3, 0.4) is 0 Å². The highest BCUT2D eigenvalue weighted by atomic mass is 36.0. The van der Waals surface area contributed by atoms with Gasteiger partial charge in [-0.1, -0.05) is 18.2 Å². The van der Waals surface area contributed by atoms with Gasteiger partial charge in [-0.05, 0) is 39.9 Å². The fourth-order valence-electron chi connectivity index (χ4n) is 1.25. The zero-order chi connectivity index (χ0) is 13.3. The topological polar surface area (TPSA) is 63.4 Å². The first-order valence-corrected chi connectivity index (χ1v) is 9.26. The Labute approximate surface area is 110 Å². The second-order valence-corrected chi connectivity index (χ2v) is 10.0. The van der Waals surface area contributed by atoms with E-state index < -0.39 is 24.9 Å². The van der Waals surface area contributed by atoms with Gasteiger partial charge in [0.15, 0.2) is 6.01 Å². The fraction of sp³-hybridized carbons (Fsp3) is 0.250. The van der Waals surface area contributed by atoms with E-state index in [0.29, 0.717) is 9.27 Å². The van der Waals surface area contributed by atoms with Gasteiger partial charge in [-0.2, -0.15) is 12.1 Å². The first kappa shape index (κ1) is 14.8. The quantitative estimate of drug-likeness (QED) is 0.926. The number of halogens is 3. The number of aryl methyl sites for hydroxylation is 1. The number of benzene rings is 1. The Morgan fingerprint density at radius 1 is 1.35 bits per heavy atom. The molecule has 0 aliphatic carbocycles. The molecule has 0 unspecified atom stereocenters. The van der Waals surface area contributed by atoms with Gasteiger partial charge in [0.25, 0.3) is 0 Å². The summed E-state index contributed by atoms with van der Waals surface area (Å²) in [6.07, 6.45) is 0. The van der Waals surface area contributed by atoms with Crippen molar-refractivity contribution < 1.29 is 12.8 Å². The first-order valence-electron chi connectivity index (χ1n) is 4.35. The molecule has 1 rings (SSSR count). The van der Waals surface area contributed by atoms with Crippen molar-refractivity contribution in [3.8, 4) is 0 Å². The van der Waals surface area contributed by atoms with E-state index in [2.05, 4.69) is 0 Å². The van der Waals surface area contributed by atoms with Crippen molar-refractivity contribution in [2.24, 2.45) is 5.14 Å². The van der Waals surface area contributed by atoms with E-state index >= 15 is 0 Å². The molecule has 0 heterocycles. The Kier molecular flexibility index (Phi) is 4.54. The molecule has 0 fully saturated rings. The summed E-state index contributed by atoms with van der Waals surface area (Å²) in [5, 5.41) is 5.03. The summed E-state index contributed by atoms with van der Waals surface area (Å²) >= 11 is 0. The van der Waals surface area contributed by atoms with E-state index in [1.54, 1.807) is 25.1 Å². The molecule has 98 valence electrons. The van der Waals surface area contributed by atoms with Crippen LogP contribution >= 0.6 is 30.0 Å². The summed E-state index contributed by atoms with van der Waals surface area (Å²) in [4.78, 5) is 0. The molecule has 1 aromatic rings. The van der Waals surface area contributed by atoms with E-state index in [1.807, 2.05) is 0 Å². The maximum atomic E-state index is 12.8. The molecule has 1 aromatic carbocycles. The summed E-state index contributed by atoms with van der Waals surface area (Å²) in [5.74, 6) is 0. The smallest absolute Gasteiger partial charge is 0.237 e. The largest absolute Gasteiger partial charge is 0.309 e. The van der Waals surface area contributed by atoms with Gasteiger partial charge in [-0.25, -0.2) is 9.53 Å². The van der Waals surface area contributed by atoms with Crippen LogP contribution in [-0.4, -0.2) is 14.4 Å². The molecule has 0 aliphatic heterocycles. The lowest BCUT2D eigenvalue weighted by Gasteiger charge is -2.35. The lowest BCUT2D eigenvalue weighted by Crippen LogP contribution is -2.36. The highest BCUT2D eigenvalue weighted by Crippen LogP contribution is 2.63. The van der Waals surface area contributed by atoms with Gasteiger partial charge in [0.2, 0.25) is 0 Å². The number of anilines is 1. The second kappa shape index (κ2) is 5.19. The van der Waals surface area contributed by atoms with E-state index in [4.69, 9.17) is 26.5 Å². The van der Waals surface area contributed by atoms with Gasteiger partial charge in [0.05, 0.1) is 5.69 Å². The predicted octanol–water partition coefficient (Wildman–Crippen LogP) is 2.96. The molecule has 0 saturated carbocycles. The first-order chi connectivity index (χ1) is 7.70. The van der Waals surface area contributed by atoms with Gasteiger partial charge in [0.1, 0.15) is 0 Å². The number of rotatable bonds is 4. The highest BCUT2D eigenvalue weighted by molar-refractivity contribution is 8.69. The second-order valence-electron chi connectivity index (χ2n) is 3.21. The Balaban J connectivity index is 3.42. The van der Waals surface area contributed by atoms with Crippen molar-refractivity contribution >= 4 is 45.9 Å². The molecule has 0 aliphatic rings. The van der Waals surface area contributed by atoms with Crippen LogP contribution in [0.1, 0.15) is 5.56 Å². The molecule has 0 aromatic heterocycles. The van der Waals surface area contributed by atoms with Crippen LogP contribution in [-0.2, 0) is 10.2 Å².